The minimum Gasteiger partial charge on any atom is -0.350 e. The van der Waals surface area contributed by atoms with Gasteiger partial charge >= 0.3 is 0 Å². The van der Waals surface area contributed by atoms with Crippen molar-refractivity contribution in [3.63, 3.8) is 0 Å². The summed E-state index contributed by atoms with van der Waals surface area (Å²) in [6, 6.07) is 8.47. The third kappa shape index (κ3) is 4.54. The number of aromatic nitrogens is 1. The topological polar surface area (TPSA) is 62.3 Å². The molecule has 2 aromatic rings. The first kappa shape index (κ1) is 18.7. The molecule has 7 heteroatoms. The van der Waals surface area contributed by atoms with E-state index in [-0.39, 0.29) is 17.5 Å². The number of carbonyl (C=O) groups is 2. The summed E-state index contributed by atoms with van der Waals surface area (Å²) in [5, 5.41) is 3.95. The smallest absolute Gasteiger partial charge is 0.269 e. The lowest BCUT2D eigenvalue weighted by Crippen LogP contribution is -2.29. The van der Waals surface area contributed by atoms with Crippen molar-refractivity contribution in [1.29, 1.82) is 0 Å². The van der Waals surface area contributed by atoms with Crippen LogP contribution in [0.2, 0.25) is 10.0 Å². The van der Waals surface area contributed by atoms with Crippen LogP contribution in [-0.2, 0) is 6.42 Å². The van der Waals surface area contributed by atoms with Crippen LogP contribution < -0.4 is 5.32 Å². The number of nitrogens with one attached hydrogen (secondary N) is 1. The first-order valence-electron chi connectivity index (χ1n) is 8.52. The van der Waals surface area contributed by atoms with E-state index in [2.05, 4.69) is 10.3 Å². The summed E-state index contributed by atoms with van der Waals surface area (Å²) in [7, 11) is 0. The molecule has 0 radical (unpaired) electrons. The SMILES string of the molecule is O=C(NCCc1ccc(Cl)cc1Cl)c1cc(C(=O)N2CCCC2)ccn1. The third-order valence-corrected chi connectivity index (χ3v) is 4.91. The molecule has 1 saturated heterocycles. The molecule has 1 fully saturated rings. The first-order chi connectivity index (χ1) is 12.5. The van der Waals surface area contributed by atoms with Crippen LogP contribution in [-0.4, -0.2) is 41.3 Å². The Morgan fingerprint density at radius 1 is 1.12 bits per heavy atom. The van der Waals surface area contributed by atoms with Gasteiger partial charge in [-0.05, 0) is 49.1 Å². The predicted molar refractivity (Wildman–Crippen MR) is 102 cm³/mol. The van der Waals surface area contributed by atoms with E-state index in [1.165, 1.54) is 6.20 Å². The number of hydrogen-bond donors (Lipinski definition) is 1. The molecule has 2 amide bonds. The maximum Gasteiger partial charge on any atom is 0.269 e. The van der Waals surface area contributed by atoms with Crippen molar-refractivity contribution in [2.45, 2.75) is 19.3 Å². The molecule has 1 aromatic heterocycles. The Balaban J connectivity index is 1.59. The molecule has 3 rings (SSSR count). The lowest BCUT2D eigenvalue weighted by atomic mass is 10.1. The Hall–Kier alpha value is -2.11. The van der Waals surface area contributed by atoms with E-state index in [1.807, 2.05) is 6.07 Å². The molecule has 0 aliphatic carbocycles. The molecule has 5 nitrogen and oxygen atoms in total. The van der Waals surface area contributed by atoms with Crippen molar-refractivity contribution in [3.8, 4) is 0 Å². The van der Waals surface area contributed by atoms with E-state index in [4.69, 9.17) is 23.2 Å². The summed E-state index contributed by atoms with van der Waals surface area (Å²) in [6.07, 6.45) is 4.12. The average Bonchev–Trinajstić information content (AvgIpc) is 3.17. The number of amides is 2. The van der Waals surface area contributed by atoms with Crippen LogP contribution in [0.3, 0.4) is 0 Å². The molecule has 1 aliphatic heterocycles. The Labute approximate surface area is 162 Å². The van der Waals surface area contributed by atoms with E-state index >= 15 is 0 Å². The molecular weight excluding hydrogens is 373 g/mol. The van der Waals surface area contributed by atoms with Crippen LogP contribution in [0.1, 0.15) is 39.3 Å². The van der Waals surface area contributed by atoms with Gasteiger partial charge in [0.15, 0.2) is 0 Å². The van der Waals surface area contributed by atoms with Crippen LogP contribution in [0, 0.1) is 0 Å². The van der Waals surface area contributed by atoms with Crippen LogP contribution in [0.4, 0.5) is 0 Å². The number of likely N-dealkylation sites (tertiary alicyclic amines) is 1. The minimum absolute atomic E-state index is 0.0492. The van der Waals surface area contributed by atoms with Gasteiger partial charge in [0.25, 0.3) is 11.8 Å². The standard InChI is InChI=1S/C19H19Cl2N3O2/c20-15-4-3-13(16(21)12-15)5-8-23-18(25)17-11-14(6-7-22-17)19(26)24-9-1-2-10-24/h3-4,6-7,11-12H,1-2,5,8-10H2,(H,23,25). The summed E-state index contributed by atoms with van der Waals surface area (Å²) in [5.74, 6) is -0.363. The predicted octanol–water partition coefficient (Wildman–Crippen LogP) is 3.60. The van der Waals surface area contributed by atoms with E-state index in [0.717, 1.165) is 31.5 Å². The van der Waals surface area contributed by atoms with E-state index in [9.17, 15) is 9.59 Å². The molecule has 26 heavy (non-hydrogen) atoms. The molecule has 0 spiro atoms. The molecule has 136 valence electrons. The second-order valence-corrected chi connectivity index (χ2v) is 7.01. The second kappa shape index (κ2) is 8.52. The van der Waals surface area contributed by atoms with Crippen molar-refractivity contribution < 1.29 is 9.59 Å². The highest BCUT2D eigenvalue weighted by Crippen LogP contribution is 2.21. The molecule has 2 heterocycles. The van der Waals surface area contributed by atoms with Crippen molar-refractivity contribution in [2.75, 3.05) is 19.6 Å². The molecule has 1 aromatic carbocycles. The van der Waals surface area contributed by atoms with Gasteiger partial charge in [-0.2, -0.15) is 0 Å². The van der Waals surface area contributed by atoms with Crippen LogP contribution >= 0.6 is 23.2 Å². The Bertz CT molecular complexity index is 820. The van der Waals surface area contributed by atoms with Crippen molar-refractivity contribution in [3.05, 3.63) is 63.4 Å². The molecule has 0 unspecified atom stereocenters. The highest BCUT2D eigenvalue weighted by molar-refractivity contribution is 6.35. The highest BCUT2D eigenvalue weighted by Gasteiger charge is 2.20. The van der Waals surface area contributed by atoms with Gasteiger partial charge < -0.3 is 10.2 Å². The van der Waals surface area contributed by atoms with Gasteiger partial charge in [-0.15, -0.1) is 0 Å². The Morgan fingerprint density at radius 2 is 1.88 bits per heavy atom. The van der Waals surface area contributed by atoms with E-state index in [1.54, 1.807) is 29.2 Å². The summed E-state index contributed by atoms with van der Waals surface area (Å²) < 4.78 is 0. The second-order valence-electron chi connectivity index (χ2n) is 6.17. The van der Waals surface area contributed by atoms with Gasteiger partial charge in [-0.25, -0.2) is 0 Å². The van der Waals surface area contributed by atoms with Gasteiger partial charge in [-0.3, -0.25) is 14.6 Å². The average molecular weight is 392 g/mol. The third-order valence-electron chi connectivity index (χ3n) is 4.33. The van der Waals surface area contributed by atoms with Crippen molar-refractivity contribution in [1.82, 2.24) is 15.2 Å². The van der Waals surface area contributed by atoms with E-state index in [0.29, 0.717) is 28.6 Å². The number of rotatable bonds is 5. The van der Waals surface area contributed by atoms with E-state index < -0.39 is 0 Å². The van der Waals surface area contributed by atoms with Gasteiger partial charge in [0, 0.05) is 41.4 Å². The van der Waals surface area contributed by atoms with Gasteiger partial charge in [0.05, 0.1) is 0 Å². The van der Waals surface area contributed by atoms with Crippen LogP contribution in [0.5, 0.6) is 0 Å². The zero-order chi connectivity index (χ0) is 18.5. The molecular formula is C19H19Cl2N3O2. The zero-order valence-electron chi connectivity index (χ0n) is 14.2. The molecule has 0 bridgehead atoms. The Kier molecular flexibility index (Phi) is 6.12. The fraction of sp³-hybridized carbons (Fsp3) is 0.316. The lowest BCUT2D eigenvalue weighted by Gasteiger charge is -2.15. The van der Waals surface area contributed by atoms with Crippen molar-refractivity contribution in [2.24, 2.45) is 0 Å². The summed E-state index contributed by atoms with van der Waals surface area (Å²) >= 11 is 12.0. The van der Waals surface area contributed by atoms with Crippen molar-refractivity contribution >= 4 is 35.0 Å². The van der Waals surface area contributed by atoms with Gasteiger partial charge in [0.1, 0.15) is 5.69 Å². The summed E-state index contributed by atoms with van der Waals surface area (Å²) in [6.45, 7) is 1.95. The van der Waals surface area contributed by atoms with Gasteiger partial charge in [-0.1, -0.05) is 29.3 Å². The lowest BCUT2D eigenvalue weighted by molar-refractivity contribution is 0.0792. The van der Waals surface area contributed by atoms with Gasteiger partial charge in [0.2, 0.25) is 0 Å². The monoisotopic (exact) mass is 391 g/mol. The van der Waals surface area contributed by atoms with Crippen LogP contribution in [0.15, 0.2) is 36.5 Å². The first-order valence-corrected chi connectivity index (χ1v) is 9.27. The normalized spacial score (nSPS) is 13.7. The maximum atomic E-state index is 12.4. The molecule has 0 atom stereocenters. The molecule has 0 saturated carbocycles. The largest absolute Gasteiger partial charge is 0.350 e. The number of carbonyl (C=O) groups excluding carboxylic acids is 2. The van der Waals surface area contributed by atoms with Crippen LogP contribution in [0.25, 0.3) is 0 Å². The number of pyridine rings is 1. The summed E-state index contributed by atoms with van der Waals surface area (Å²) in [5.41, 5.74) is 1.63. The highest BCUT2D eigenvalue weighted by atomic mass is 35.5. The fourth-order valence-electron chi connectivity index (χ4n) is 2.92. The molecule has 1 N–H and O–H groups in total. The Morgan fingerprint density at radius 3 is 2.62 bits per heavy atom. The minimum atomic E-state index is -0.314. The zero-order valence-corrected chi connectivity index (χ0v) is 15.7. The molecule has 1 aliphatic rings. The number of nitrogens with zero attached hydrogens (tertiary/aromatic N) is 2. The number of halogens is 2. The summed E-state index contributed by atoms with van der Waals surface area (Å²) in [4.78, 5) is 30.6. The quantitative estimate of drug-likeness (QED) is 0.846. The number of hydrogen-bond acceptors (Lipinski definition) is 3. The maximum absolute atomic E-state index is 12.4. The fourth-order valence-corrected chi connectivity index (χ4v) is 3.42. The number of benzene rings is 1.